The van der Waals surface area contributed by atoms with Crippen LogP contribution in [0.3, 0.4) is 0 Å². The number of hydrogen-bond acceptors (Lipinski definition) is 5. The van der Waals surface area contributed by atoms with Crippen molar-refractivity contribution in [2.24, 2.45) is 0 Å². The van der Waals surface area contributed by atoms with Crippen molar-refractivity contribution in [3.05, 3.63) is 0 Å². The lowest BCUT2D eigenvalue weighted by Crippen LogP contribution is -2.47. The molecule has 0 saturated carbocycles. The number of methoxy groups -OCH3 is 2. The Morgan fingerprint density at radius 1 is 1.33 bits per heavy atom. The van der Waals surface area contributed by atoms with Crippen LogP contribution in [0.1, 0.15) is 20.3 Å². The van der Waals surface area contributed by atoms with Gasteiger partial charge in [0.2, 0.25) is 5.91 Å². The molecular weight excluding hydrogens is 236 g/mol. The van der Waals surface area contributed by atoms with E-state index in [1.165, 1.54) is 7.11 Å². The zero-order valence-corrected chi connectivity index (χ0v) is 11.7. The maximum absolute atomic E-state index is 11.8. The topological polar surface area (TPSA) is 67.9 Å². The number of carbonyl (C=O) groups excluding carboxylic acids is 2. The van der Waals surface area contributed by atoms with Crippen LogP contribution >= 0.6 is 0 Å². The number of hydrogen-bond donors (Lipinski definition) is 1. The van der Waals surface area contributed by atoms with Gasteiger partial charge in [0.15, 0.2) is 0 Å². The van der Waals surface area contributed by atoms with Gasteiger partial charge >= 0.3 is 5.97 Å². The first-order valence-electron chi connectivity index (χ1n) is 6.14. The molecule has 1 atom stereocenters. The fraction of sp³-hybridized carbons (Fsp3) is 0.833. The number of ether oxygens (including phenoxy) is 2. The van der Waals surface area contributed by atoms with Crippen LogP contribution < -0.4 is 5.32 Å². The predicted octanol–water partition coefficient (Wildman–Crippen LogP) is 0.0225. The molecule has 106 valence electrons. The molecule has 0 heterocycles. The zero-order chi connectivity index (χ0) is 14.0. The molecule has 0 bridgehead atoms. The van der Waals surface area contributed by atoms with E-state index in [1.54, 1.807) is 18.9 Å². The molecule has 0 aromatic heterocycles. The monoisotopic (exact) mass is 260 g/mol. The zero-order valence-electron chi connectivity index (χ0n) is 11.7. The van der Waals surface area contributed by atoms with Crippen molar-refractivity contribution in [1.29, 1.82) is 0 Å². The average molecular weight is 260 g/mol. The summed E-state index contributed by atoms with van der Waals surface area (Å²) in [6.45, 7) is 5.61. The van der Waals surface area contributed by atoms with Crippen LogP contribution in [-0.2, 0) is 19.1 Å². The van der Waals surface area contributed by atoms with Gasteiger partial charge in [-0.05, 0) is 19.9 Å². The molecule has 0 saturated heterocycles. The van der Waals surface area contributed by atoms with Gasteiger partial charge in [-0.25, -0.2) is 0 Å². The van der Waals surface area contributed by atoms with Gasteiger partial charge < -0.3 is 14.8 Å². The molecule has 0 aliphatic heterocycles. The average Bonchev–Trinajstić information content (AvgIpc) is 2.39. The molecule has 0 spiro atoms. The van der Waals surface area contributed by atoms with E-state index in [4.69, 9.17) is 4.74 Å². The third-order valence-corrected chi connectivity index (χ3v) is 2.72. The standard InChI is InChI=1S/C12H24N2O4/c1-5-14(9-11(15)18-4)10(2)12(16)13-7-6-8-17-3/h10H,5-9H2,1-4H3,(H,13,16). The fourth-order valence-electron chi connectivity index (χ4n) is 1.49. The SMILES string of the molecule is CCN(CC(=O)OC)C(C)C(=O)NCCCOC. The van der Waals surface area contributed by atoms with E-state index in [-0.39, 0.29) is 24.5 Å². The van der Waals surface area contributed by atoms with Gasteiger partial charge in [0.1, 0.15) is 0 Å². The molecule has 0 aromatic rings. The smallest absolute Gasteiger partial charge is 0.319 e. The van der Waals surface area contributed by atoms with Crippen molar-refractivity contribution in [2.45, 2.75) is 26.3 Å². The Labute approximate surface area is 109 Å². The summed E-state index contributed by atoms with van der Waals surface area (Å²) in [6.07, 6.45) is 0.776. The number of carbonyl (C=O) groups is 2. The highest BCUT2D eigenvalue weighted by molar-refractivity contribution is 5.82. The molecule has 1 amide bonds. The lowest BCUT2D eigenvalue weighted by Gasteiger charge is -2.25. The summed E-state index contributed by atoms with van der Waals surface area (Å²) in [6, 6.07) is -0.350. The highest BCUT2D eigenvalue weighted by atomic mass is 16.5. The Morgan fingerprint density at radius 2 is 2.00 bits per heavy atom. The first kappa shape index (κ1) is 16.9. The molecule has 0 aromatic carbocycles. The fourth-order valence-corrected chi connectivity index (χ4v) is 1.49. The minimum atomic E-state index is -0.350. The van der Waals surface area contributed by atoms with Crippen LogP contribution in [0.4, 0.5) is 0 Å². The lowest BCUT2D eigenvalue weighted by atomic mass is 10.2. The quantitative estimate of drug-likeness (QED) is 0.468. The number of nitrogens with zero attached hydrogens (tertiary/aromatic N) is 1. The lowest BCUT2D eigenvalue weighted by molar-refractivity contribution is -0.143. The van der Waals surface area contributed by atoms with Crippen molar-refractivity contribution < 1.29 is 19.1 Å². The van der Waals surface area contributed by atoms with Crippen LogP contribution in [-0.4, -0.2) is 63.3 Å². The summed E-state index contributed by atoms with van der Waals surface area (Å²) in [4.78, 5) is 24.8. The molecule has 6 nitrogen and oxygen atoms in total. The van der Waals surface area contributed by atoms with E-state index in [0.717, 1.165) is 6.42 Å². The van der Waals surface area contributed by atoms with Gasteiger partial charge in [0.05, 0.1) is 19.7 Å². The van der Waals surface area contributed by atoms with Crippen LogP contribution in [0.25, 0.3) is 0 Å². The van der Waals surface area contributed by atoms with E-state index < -0.39 is 0 Å². The maximum atomic E-state index is 11.8. The number of nitrogens with one attached hydrogen (secondary N) is 1. The van der Waals surface area contributed by atoms with E-state index in [1.807, 2.05) is 6.92 Å². The van der Waals surface area contributed by atoms with Crippen molar-refractivity contribution in [1.82, 2.24) is 10.2 Å². The first-order chi connectivity index (χ1) is 8.56. The molecule has 0 fully saturated rings. The first-order valence-corrected chi connectivity index (χ1v) is 6.14. The van der Waals surface area contributed by atoms with Gasteiger partial charge in [0.25, 0.3) is 0 Å². The van der Waals surface area contributed by atoms with E-state index in [2.05, 4.69) is 10.1 Å². The molecule has 0 aliphatic carbocycles. The van der Waals surface area contributed by atoms with Crippen molar-refractivity contribution >= 4 is 11.9 Å². The van der Waals surface area contributed by atoms with Gasteiger partial charge in [-0.2, -0.15) is 0 Å². The van der Waals surface area contributed by atoms with Crippen molar-refractivity contribution in [2.75, 3.05) is 40.5 Å². The normalized spacial score (nSPS) is 12.3. The molecule has 0 aliphatic rings. The summed E-state index contributed by atoms with van der Waals surface area (Å²) in [5, 5.41) is 2.81. The van der Waals surface area contributed by atoms with Gasteiger partial charge in [-0.1, -0.05) is 6.92 Å². The Bertz CT molecular complexity index is 258. The Kier molecular flexibility index (Phi) is 9.22. The Hall–Kier alpha value is -1.14. The highest BCUT2D eigenvalue weighted by Gasteiger charge is 2.21. The summed E-state index contributed by atoms with van der Waals surface area (Å²) >= 11 is 0. The van der Waals surface area contributed by atoms with Crippen molar-refractivity contribution in [3.8, 4) is 0 Å². The van der Waals surface area contributed by atoms with E-state index in [9.17, 15) is 9.59 Å². The number of likely N-dealkylation sites (N-methyl/N-ethyl adjacent to an activating group) is 1. The molecule has 1 unspecified atom stereocenters. The minimum Gasteiger partial charge on any atom is -0.468 e. The largest absolute Gasteiger partial charge is 0.468 e. The molecule has 6 heteroatoms. The summed E-state index contributed by atoms with van der Waals surface area (Å²) in [5.41, 5.74) is 0. The predicted molar refractivity (Wildman–Crippen MR) is 68.2 cm³/mol. The number of esters is 1. The Balaban J connectivity index is 4.10. The maximum Gasteiger partial charge on any atom is 0.319 e. The number of rotatable bonds is 9. The number of amides is 1. The second kappa shape index (κ2) is 9.85. The molecule has 18 heavy (non-hydrogen) atoms. The summed E-state index contributed by atoms with van der Waals surface area (Å²) in [5.74, 6) is -0.423. The summed E-state index contributed by atoms with van der Waals surface area (Å²) in [7, 11) is 2.96. The van der Waals surface area contributed by atoms with E-state index >= 15 is 0 Å². The van der Waals surface area contributed by atoms with Crippen molar-refractivity contribution in [3.63, 3.8) is 0 Å². The van der Waals surface area contributed by atoms with Gasteiger partial charge in [-0.3, -0.25) is 14.5 Å². The summed E-state index contributed by atoms with van der Waals surface area (Å²) < 4.78 is 9.49. The molecular formula is C12H24N2O4. The van der Waals surface area contributed by atoms with Crippen LogP contribution in [0, 0.1) is 0 Å². The Morgan fingerprint density at radius 3 is 2.50 bits per heavy atom. The van der Waals surface area contributed by atoms with Crippen LogP contribution in [0.2, 0.25) is 0 Å². The minimum absolute atomic E-state index is 0.0862. The highest BCUT2D eigenvalue weighted by Crippen LogP contribution is 1.99. The second-order valence-corrected chi connectivity index (χ2v) is 3.95. The van der Waals surface area contributed by atoms with Crippen LogP contribution in [0.15, 0.2) is 0 Å². The van der Waals surface area contributed by atoms with Gasteiger partial charge in [0, 0.05) is 20.3 Å². The molecule has 0 rings (SSSR count). The molecule has 0 radical (unpaired) electrons. The molecule has 1 N–H and O–H groups in total. The third kappa shape index (κ3) is 6.56. The van der Waals surface area contributed by atoms with Crippen LogP contribution in [0.5, 0.6) is 0 Å². The second-order valence-electron chi connectivity index (χ2n) is 3.95. The third-order valence-electron chi connectivity index (χ3n) is 2.72. The van der Waals surface area contributed by atoms with Gasteiger partial charge in [-0.15, -0.1) is 0 Å². The van der Waals surface area contributed by atoms with E-state index in [0.29, 0.717) is 19.7 Å².